The lowest BCUT2D eigenvalue weighted by Crippen LogP contribution is -2.49. The molecule has 3 rings (SSSR count). The van der Waals surface area contributed by atoms with Crippen molar-refractivity contribution in [1.29, 1.82) is 0 Å². The number of carbonyl (C=O) groups is 2. The summed E-state index contributed by atoms with van der Waals surface area (Å²) < 4.78 is 8.54. The second-order valence-electron chi connectivity index (χ2n) is 6.76. The molecule has 1 aliphatic rings. The summed E-state index contributed by atoms with van der Waals surface area (Å²) in [5.41, 5.74) is 2.94. The van der Waals surface area contributed by atoms with E-state index < -0.39 is 0 Å². The minimum Gasteiger partial charge on any atom is -0.350 e. The van der Waals surface area contributed by atoms with Crippen LogP contribution in [0.25, 0.3) is 0 Å². The number of likely N-dealkylation sites (tertiary alicyclic amines) is 1. The van der Waals surface area contributed by atoms with Crippen molar-refractivity contribution >= 4 is 34.9 Å². The summed E-state index contributed by atoms with van der Waals surface area (Å²) in [4.78, 5) is 29.4. The lowest BCUT2D eigenvalue weighted by Gasteiger charge is -2.36. The zero-order chi connectivity index (χ0) is 18.8. The van der Waals surface area contributed by atoms with Gasteiger partial charge in [-0.25, -0.2) is 0 Å². The van der Waals surface area contributed by atoms with Gasteiger partial charge in [0.2, 0.25) is 0 Å². The molecule has 26 heavy (non-hydrogen) atoms. The average molecular weight is 393 g/mol. The Morgan fingerprint density at radius 3 is 2.23 bits per heavy atom. The predicted molar refractivity (Wildman–Crippen MR) is 104 cm³/mol. The van der Waals surface area contributed by atoms with Gasteiger partial charge in [0.1, 0.15) is 0 Å². The van der Waals surface area contributed by atoms with Crippen molar-refractivity contribution in [2.75, 3.05) is 13.1 Å². The van der Waals surface area contributed by atoms with E-state index in [0.717, 1.165) is 52.5 Å². The van der Waals surface area contributed by atoms with Gasteiger partial charge in [0.05, 0.1) is 22.5 Å². The van der Waals surface area contributed by atoms with E-state index in [1.807, 2.05) is 32.6 Å². The topological polar surface area (TPSA) is 75.2 Å². The Bertz CT molecular complexity index is 788. The van der Waals surface area contributed by atoms with Crippen molar-refractivity contribution in [2.24, 2.45) is 0 Å². The second kappa shape index (κ2) is 7.84. The van der Waals surface area contributed by atoms with Crippen molar-refractivity contribution in [3.8, 4) is 0 Å². The molecule has 0 aliphatic carbocycles. The van der Waals surface area contributed by atoms with Gasteiger partial charge >= 0.3 is 0 Å². The number of hydrogen-bond acceptors (Lipinski definition) is 6. The van der Waals surface area contributed by atoms with Crippen molar-refractivity contribution in [3.05, 3.63) is 32.3 Å². The van der Waals surface area contributed by atoms with Crippen LogP contribution in [0.1, 0.15) is 61.1 Å². The highest BCUT2D eigenvalue weighted by Gasteiger charge is 2.30. The number of piperidine rings is 1. The molecule has 2 aromatic heterocycles. The Labute approximate surface area is 161 Å². The standard InChI is InChI=1S/C18H24N4O2S2/c1-10-15(12(3)25-20-10)17(23)19-9-14-7-5-6-8-22(14)18(24)16-11(2)21-26-13(16)4/h14H,5-9H2,1-4H3,(H,19,23)/t14-/m1/s1. The fourth-order valence-corrected chi connectivity index (χ4v) is 4.91. The van der Waals surface area contributed by atoms with Crippen LogP contribution in [0.2, 0.25) is 0 Å². The number of hydrogen-bond donors (Lipinski definition) is 1. The maximum Gasteiger partial charge on any atom is 0.257 e. The molecule has 8 heteroatoms. The summed E-state index contributed by atoms with van der Waals surface area (Å²) in [7, 11) is 0. The van der Waals surface area contributed by atoms with Gasteiger partial charge in [-0.2, -0.15) is 8.75 Å². The molecule has 0 bridgehead atoms. The van der Waals surface area contributed by atoms with Crippen molar-refractivity contribution in [2.45, 2.75) is 53.0 Å². The number of carbonyl (C=O) groups excluding carboxylic acids is 2. The van der Waals surface area contributed by atoms with Gasteiger partial charge in [0.25, 0.3) is 11.8 Å². The Balaban J connectivity index is 1.71. The first-order valence-corrected chi connectivity index (χ1v) is 10.4. The van der Waals surface area contributed by atoms with Gasteiger partial charge < -0.3 is 10.2 Å². The summed E-state index contributed by atoms with van der Waals surface area (Å²) in [5, 5.41) is 3.02. The summed E-state index contributed by atoms with van der Waals surface area (Å²) in [5.74, 6) is -0.0615. The third-order valence-corrected chi connectivity index (χ3v) is 6.58. The Morgan fingerprint density at radius 1 is 1.04 bits per heavy atom. The van der Waals surface area contributed by atoms with Crippen molar-refractivity contribution < 1.29 is 9.59 Å². The zero-order valence-corrected chi connectivity index (χ0v) is 17.2. The molecule has 0 unspecified atom stereocenters. The van der Waals surface area contributed by atoms with E-state index in [0.29, 0.717) is 12.1 Å². The van der Waals surface area contributed by atoms with Gasteiger partial charge in [-0.15, -0.1) is 0 Å². The molecular formula is C18H24N4O2S2. The first kappa shape index (κ1) is 19.0. The predicted octanol–water partition coefficient (Wildman–Crippen LogP) is 3.26. The molecule has 2 aromatic rings. The highest BCUT2D eigenvalue weighted by atomic mass is 32.1. The molecule has 1 aliphatic heterocycles. The molecule has 1 saturated heterocycles. The SMILES string of the molecule is Cc1nsc(C)c1C(=O)NC[C@H]1CCCCN1C(=O)c1c(C)nsc1C. The normalized spacial score (nSPS) is 17.4. The highest BCUT2D eigenvalue weighted by molar-refractivity contribution is 7.06. The van der Waals surface area contributed by atoms with Crippen LogP contribution in [-0.4, -0.2) is 44.6 Å². The second-order valence-corrected chi connectivity index (χ2v) is 8.71. The number of amides is 2. The largest absolute Gasteiger partial charge is 0.350 e. The smallest absolute Gasteiger partial charge is 0.257 e. The monoisotopic (exact) mass is 392 g/mol. The number of nitrogens with zero attached hydrogens (tertiary/aromatic N) is 3. The molecule has 3 heterocycles. The van der Waals surface area contributed by atoms with Crippen LogP contribution in [-0.2, 0) is 0 Å². The Kier molecular flexibility index (Phi) is 5.72. The van der Waals surface area contributed by atoms with Crippen LogP contribution in [0, 0.1) is 27.7 Å². The molecule has 1 N–H and O–H groups in total. The minimum atomic E-state index is -0.101. The molecule has 6 nitrogen and oxygen atoms in total. The molecule has 1 atom stereocenters. The Morgan fingerprint density at radius 2 is 1.65 bits per heavy atom. The summed E-state index contributed by atoms with van der Waals surface area (Å²) in [6.07, 6.45) is 2.97. The fourth-order valence-electron chi connectivity index (χ4n) is 3.52. The van der Waals surface area contributed by atoms with Gasteiger partial charge in [-0.1, -0.05) is 0 Å². The van der Waals surface area contributed by atoms with Crippen molar-refractivity contribution in [1.82, 2.24) is 19.0 Å². The minimum absolute atomic E-state index is 0.0195. The summed E-state index contributed by atoms with van der Waals surface area (Å²) in [6.45, 7) is 8.77. The maximum atomic E-state index is 13.1. The quantitative estimate of drug-likeness (QED) is 0.867. The third kappa shape index (κ3) is 3.66. The molecule has 2 amide bonds. The maximum absolute atomic E-state index is 13.1. The number of nitrogens with one attached hydrogen (secondary N) is 1. The van der Waals surface area contributed by atoms with E-state index >= 15 is 0 Å². The van der Waals surface area contributed by atoms with Gasteiger partial charge in [0.15, 0.2) is 0 Å². The highest BCUT2D eigenvalue weighted by Crippen LogP contribution is 2.24. The van der Waals surface area contributed by atoms with E-state index in [-0.39, 0.29) is 17.9 Å². The molecule has 0 spiro atoms. The van der Waals surface area contributed by atoms with Crippen LogP contribution in [0.3, 0.4) is 0 Å². The van der Waals surface area contributed by atoms with Gasteiger partial charge in [0, 0.05) is 28.9 Å². The lowest BCUT2D eigenvalue weighted by molar-refractivity contribution is 0.0601. The van der Waals surface area contributed by atoms with Crippen LogP contribution in [0.15, 0.2) is 0 Å². The van der Waals surface area contributed by atoms with Crippen LogP contribution >= 0.6 is 23.1 Å². The number of aryl methyl sites for hydroxylation is 4. The number of rotatable bonds is 4. The summed E-state index contributed by atoms with van der Waals surface area (Å²) >= 11 is 2.72. The first-order valence-electron chi connectivity index (χ1n) is 8.85. The van der Waals surface area contributed by atoms with E-state index in [9.17, 15) is 9.59 Å². The first-order chi connectivity index (χ1) is 12.4. The molecule has 140 valence electrons. The molecule has 0 aromatic carbocycles. The molecular weight excluding hydrogens is 368 g/mol. The molecule has 0 saturated carbocycles. The molecule has 1 fully saturated rings. The Hall–Kier alpha value is -1.80. The van der Waals surface area contributed by atoms with E-state index in [2.05, 4.69) is 14.1 Å². The fraction of sp³-hybridized carbons (Fsp3) is 0.556. The lowest BCUT2D eigenvalue weighted by atomic mass is 10.00. The van der Waals surface area contributed by atoms with Crippen LogP contribution in [0.5, 0.6) is 0 Å². The third-order valence-electron chi connectivity index (χ3n) is 4.89. The zero-order valence-electron chi connectivity index (χ0n) is 15.6. The summed E-state index contributed by atoms with van der Waals surface area (Å²) in [6, 6.07) is 0.0195. The molecule has 0 radical (unpaired) electrons. The van der Waals surface area contributed by atoms with E-state index in [1.165, 1.54) is 23.1 Å². The number of aromatic nitrogens is 2. The van der Waals surface area contributed by atoms with Gasteiger partial charge in [-0.05, 0) is 70.0 Å². The van der Waals surface area contributed by atoms with Crippen LogP contribution in [0.4, 0.5) is 0 Å². The van der Waals surface area contributed by atoms with E-state index in [1.54, 1.807) is 0 Å². The van der Waals surface area contributed by atoms with E-state index in [4.69, 9.17) is 0 Å². The van der Waals surface area contributed by atoms with Gasteiger partial charge in [-0.3, -0.25) is 9.59 Å². The average Bonchev–Trinajstić information content (AvgIpc) is 3.13. The van der Waals surface area contributed by atoms with Crippen molar-refractivity contribution in [3.63, 3.8) is 0 Å². The van der Waals surface area contributed by atoms with Crippen LogP contribution < -0.4 is 5.32 Å².